The van der Waals surface area contributed by atoms with Crippen LogP contribution in [0.25, 0.3) is 11.4 Å². The maximum absolute atomic E-state index is 5.87. The summed E-state index contributed by atoms with van der Waals surface area (Å²) in [7, 11) is 1.76. The molecule has 2 aromatic rings. The van der Waals surface area contributed by atoms with Crippen molar-refractivity contribution in [1.29, 1.82) is 0 Å². The van der Waals surface area contributed by atoms with E-state index in [-0.39, 0.29) is 5.60 Å². The summed E-state index contributed by atoms with van der Waals surface area (Å²) in [6, 6.07) is 5.78. The molecule has 0 unspecified atom stereocenters. The molecule has 0 saturated heterocycles. The summed E-state index contributed by atoms with van der Waals surface area (Å²) in [5.74, 6) is 0.748. The van der Waals surface area contributed by atoms with Gasteiger partial charge in [0, 0.05) is 18.4 Å². The molecule has 0 amide bonds. The summed E-state index contributed by atoms with van der Waals surface area (Å²) in [6.07, 6.45) is 3.31. The third kappa shape index (κ3) is 2.16. The molecule has 1 saturated carbocycles. The van der Waals surface area contributed by atoms with Gasteiger partial charge in [-0.3, -0.25) is 0 Å². The lowest BCUT2D eigenvalue weighted by Crippen LogP contribution is -2.43. The van der Waals surface area contributed by atoms with Crippen LogP contribution in [0, 0.1) is 6.92 Å². The van der Waals surface area contributed by atoms with Gasteiger partial charge in [-0.25, -0.2) is 4.68 Å². The molecule has 0 spiro atoms. The van der Waals surface area contributed by atoms with E-state index in [2.05, 4.69) is 15.5 Å². The predicted molar refractivity (Wildman–Crippen MR) is 76.0 cm³/mol. The highest BCUT2D eigenvalue weighted by Gasteiger charge is 2.38. The molecule has 0 aliphatic heterocycles. The Morgan fingerprint density at radius 3 is 2.85 bits per heavy atom. The van der Waals surface area contributed by atoms with Crippen LogP contribution in [0.1, 0.15) is 24.8 Å². The molecule has 1 fully saturated rings. The minimum atomic E-state index is -0.113. The zero-order chi connectivity index (χ0) is 14.2. The predicted octanol–water partition coefficient (Wildman–Crippen LogP) is 1.80. The number of nitrogens with zero attached hydrogens (tertiary/aromatic N) is 4. The highest BCUT2D eigenvalue weighted by molar-refractivity contribution is 5.65. The Hall–Kier alpha value is -1.95. The first-order valence-corrected chi connectivity index (χ1v) is 6.81. The van der Waals surface area contributed by atoms with Crippen LogP contribution >= 0.6 is 0 Å². The molecule has 0 radical (unpaired) electrons. The highest BCUT2D eigenvalue weighted by Crippen LogP contribution is 2.37. The Morgan fingerprint density at radius 1 is 1.40 bits per heavy atom. The topological polar surface area (TPSA) is 78.8 Å². The quantitative estimate of drug-likeness (QED) is 0.859. The number of anilines is 1. The van der Waals surface area contributed by atoms with Crippen molar-refractivity contribution in [3.8, 4) is 11.4 Å². The average molecular weight is 273 g/mol. The van der Waals surface area contributed by atoms with Crippen molar-refractivity contribution in [3.05, 3.63) is 23.8 Å². The van der Waals surface area contributed by atoms with Crippen LogP contribution in [0.4, 0.5) is 5.69 Å². The highest BCUT2D eigenvalue weighted by atomic mass is 16.5. The van der Waals surface area contributed by atoms with Gasteiger partial charge in [-0.05, 0) is 54.3 Å². The number of nitrogen functional groups attached to an aromatic ring is 1. The maximum atomic E-state index is 5.87. The fourth-order valence-corrected chi connectivity index (χ4v) is 2.66. The van der Waals surface area contributed by atoms with Crippen LogP contribution in [0.5, 0.6) is 0 Å². The summed E-state index contributed by atoms with van der Waals surface area (Å²) in [6.45, 7) is 2.71. The van der Waals surface area contributed by atoms with E-state index in [1.165, 1.54) is 6.42 Å². The van der Waals surface area contributed by atoms with Crippen molar-refractivity contribution in [3.63, 3.8) is 0 Å². The first-order chi connectivity index (χ1) is 9.63. The third-order valence-electron chi connectivity index (χ3n) is 4.17. The van der Waals surface area contributed by atoms with Gasteiger partial charge in [0.1, 0.15) is 0 Å². The molecule has 1 heterocycles. The van der Waals surface area contributed by atoms with Gasteiger partial charge in [0.2, 0.25) is 0 Å². The smallest absolute Gasteiger partial charge is 0.182 e. The number of ether oxygens (including phenoxy) is 1. The Bertz CT molecular complexity index is 612. The molecular formula is C14H19N5O. The van der Waals surface area contributed by atoms with Gasteiger partial charge in [0.25, 0.3) is 0 Å². The summed E-state index contributed by atoms with van der Waals surface area (Å²) < 4.78 is 7.47. The van der Waals surface area contributed by atoms with Crippen molar-refractivity contribution in [2.24, 2.45) is 0 Å². The van der Waals surface area contributed by atoms with Gasteiger partial charge >= 0.3 is 0 Å². The number of rotatable bonds is 4. The van der Waals surface area contributed by atoms with Gasteiger partial charge in [-0.1, -0.05) is 6.07 Å². The number of aromatic nitrogens is 4. The molecular weight excluding hydrogens is 254 g/mol. The van der Waals surface area contributed by atoms with E-state index in [4.69, 9.17) is 10.5 Å². The van der Waals surface area contributed by atoms with Crippen molar-refractivity contribution in [2.45, 2.75) is 38.3 Å². The standard InChI is InChI=1S/C14H19N5O/c1-10-4-5-11(15)8-12(10)13-16-17-18-19(13)9-14(20-2)6-3-7-14/h4-5,8H,3,6-7,9,15H2,1-2H3. The number of hydrogen-bond acceptors (Lipinski definition) is 5. The van der Waals surface area contributed by atoms with E-state index >= 15 is 0 Å². The third-order valence-corrected chi connectivity index (χ3v) is 4.17. The molecule has 106 valence electrons. The number of aryl methyl sites for hydroxylation is 1. The van der Waals surface area contributed by atoms with Gasteiger partial charge in [0.05, 0.1) is 12.1 Å². The SMILES string of the molecule is COC1(Cn2nnnc2-c2cc(N)ccc2C)CCC1. The number of nitrogens with two attached hydrogens (primary N) is 1. The Morgan fingerprint density at radius 2 is 2.20 bits per heavy atom. The van der Waals surface area contributed by atoms with E-state index in [0.717, 1.165) is 29.8 Å². The lowest BCUT2D eigenvalue weighted by molar-refractivity contribution is -0.0855. The zero-order valence-corrected chi connectivity index (χ0v) is 11.8. The van der Waals surface area contributed by atoms with Crippen LogP contribution in [0.2, 0.25) is 0 Å². The van der Waals surface area contributed by atoms with Crippen molar-refractivity contribution >= 4 is 5.69 Å². The number of benzene rings is 1. The van der Waals surface area contributed by atoms with E-state index in [9.17, 15) is 0 Å². The fraction of sp³-hybridized carbons (Fsp3) is 0.500. The molecule has 6 heteroatoms. The first kappa shape index (κ1) is 13.1. The van der Waals surface area contributed by atoms with Crippen molar-refractivity contribution < 1.29 is 4.74 Å². The van der Waals surface area contributed by atoms with Gasteiger partial charge in [0.15, 0.2) is 5.82 Å². The van der Waals surface area contributed by atoms with Crippen LogP contribution in [0.15, 0.2) is 18.2 Å². The average Bonchev–Trinajstić information content (AvgIpc) is 2.84. The number of hydrogen-bond donors (Lipinski definition) is 1. The summed E-state index contributed by atoms with van der Waals surface area (Å²) in [4.78, 5) is 0. The largest absolute Gasteiger partial charge is 0.399 e. The second kappa shape index (κ2) is 4.86. The van der Waals surface area contributed by atoms with E-state index in [0.29, 0.717) is 12.2 Å². The van der Waals surface area contributed by atoms with Gasteiger partial charge < -0.3 is 10.5 Å². The molecule has 6 nitrogen and oxygen atoms in total. The van der Waals surface area contributed by atoms with E-state index < -0.39 is 0 Å². The van der Waals surface area contributed by atoms with Crippen LogP contribution < -0.4 is 5.73 Å². The summed E-state index contributed by atoms with van der Waals surface area (Å²) >= 11 is 0. The minimum Gasteiger partial charge on any atom is -0.399 e. The van der Waals surface area contributed by atoms with Crippen molar-refractivity contribution in [1.82, 2.24) is 20.2 Å². The second-order valence-corrected chi connectivity index (χ2v) is 5.48. The molecule has 20 heavy (non-hydrogen) atoms. The van der Waals surface area contributed by atoms with Crippen LogP contribution in [-0.2, 0) is 11.3 Å². The molecule has 1 aliphatic carbocycles. The lowest BCUT2D eigenvalue weighted by Gasteiger charge is -2.40. The zero-order valence-electron chi connectivity index (χ0n) is 11.8. The molecule has 0 atom stereocenters. The monoisotopic (exact) mass is 273 g/mol. The molecule has 1 aromatic heterocycles. The molecule has 0 bridgehead atoms. The maximum Gasteiger partial charge on any atom is 0.182 e. The Kier molecular flexibility index (Phi) is 3.17. The first-order valence-electron chi connectivity index (χ1n) is 6.81. The Labute approximate surface area is 117 Å². The second-order valence-electron chi connectivity index (χ2n) is 5.48. The van der Waals surface area contributed by atoms with Crippen LogP contribution in [0.3, 0.4) is 0 Å². The minimum absolute atomic E-state index is 0.113. The van der Waals surface area contributed by atoms with E-state index in [1.807, 2.05) is 29.8 Å². The van der Waals surface area contributed by atoms with E-state index in [1.54, 1.807) is 7.11 Å². The lowest BCUT2D eigenvalue weighted by atomic mass is 9.80. The molecule has 1 aliphatic rings. The molecule has 1 aromatic carbocycles. The fourth-order valence-electron chi connectivity index (χ4n) is 2.66. The Balaban J connectivity index is 1.96. The number of tetrazole rings is 1. The van der Waals surface area contributed by atoms with Gasteiger partial charge in [-0.2, -0.15) is 0 Å². The van der Waals surface area contributed by atoms with Crippen molar-refractivity contribution in [2.75, 3.05) is 12.8 Å². The molecule has 3 rings (SSSR count). The number of methoxy groups -OCH3 is 1. The summed E-state index contributed by atoms with van der Waals surface area (Å²) in [5.41, 5.74) is 8.55. The molecule has 2 N–H and O–H groups in total. The van der Waals surface area contributed by atoms with Crippen LogP contribution in [-0.4, -0.2) is 32.9 Å². The normalized spacial score (nSPS) is 16.9. The van der Waals surface area contributed by atoms with Gasteiger partial charge in [-0.15, -0.1) is 5.10 Å². The summed E-state index contributed by atoms with van der Waals surface area (Å²) in [5, 5.41) is 12.1.